The number of benzene rings is 1. The molecule has 1 heterocycles. The standard InChI is InChI=1S/C14H16N4O4/c1-2-22-14(21)11-5-8-3-4-9(6-10(8)17-11)13(20)12(19)7-16-18-15/h3-6,12-13,17,19-20H,2,7H2,1H3. The molecule has 2 aromatic rings. The second-order valence-corrected chi connectivity index (χ2v) is 4.68. The topological polar surface area (TPSA) is 131 Å². The van der Waals surface area contributed by atoms with Crippen LogP contribution in [-0.2, 0) is 4.74 Å². The van der Waals surface area contributed by atoms with Crippen molar-refractivity contribution in [1.29, 1.82) is 0 Å². The number of nitrogens with zero attached hydrogens (tertiary/aromatic N) is 3. The monoisotopic (exact) mass is 304 g/mol. The van der Waals surface area contributed by atoms with Gasteiger partial charge in [-0.2, -0.15) is 0 Å². The third-order valence-electron chi connectivity index (χ3n) is 3.18. The van der Waals surface area contributed by atoms with Crippen molar-refractivity contribution in [3.8, 4) is 0 Å². The van der Waals surface area contributed by atoms with Crippen LogP contribution in [0.4, 0.5) is 0 Å². The van der Waals surface area contributed by atoms with Crippen molar-refractivity contribution < 1.29 is 19.7 Å². The Bertz CT molecular complexity index is 721. The van der Waals surface area contributed by atoms with Gasteiger partial charge in [-0.15, -0.1) is 0 Å². The number of carbonyl (C=O) groups excluding carboxylic acids is 1. The quantitative estimate of drug-likeness (QED) is 0.326. The molecule has 2 atom stereocenters. The lowest BCUT2D eigenvalue weighted by Crippen LogP contribution is -2.21. The number of aliphatic hydroxyl groups excluding tert-OH is 2. The number of azide groups is 1. The van der Waals surface area contributed by atoms with Gasteiger partial charge in [-0.05, 0) is 30.2 Å². The van der Waals surface area contributed by atoms with Gasteiger partial charge >= 0.3 is 5.97 Å². The highest BCUT2D eigenvalue weighted by Gasteiger charge is 2.19. The van der Waals surface area contributed by atoms with E-state index in [0.29, 0.717) is 16.8 Å². The number of ether oxygens (including phenoxy) is 1. The lowest BCUT2D eigenvalue weighted by atomic mass is 10.0. The molecule has 0 aliphatic rings. The maximum absolute atomic E-state index is 11.7. The zero-order chi connectivity index (χ0) is 16.1. The number of aliphatic hydroxyl groups is 2. The predicted octanol–water partition coefficient (Wildman–Crippen LogP) is 2.05. The highest BCUT2D eigenvalue weighted by atomic mass is 16.5. The van der Waals surface area contributed by atoms with E-state index in [4.69, 9.17) is 10.3 Å². The highest BCUT2D eigenvalue weighted by molar-refractivity contribution is 5.94. The predicted molar refractivity (Wildman–Crippen MR) is 79.2 cm³/mol. The van der Waals surface area contributed by atoms with Gasteiger partial charge in [0.2, 0.25) is 0 Å². The van der Waals surface area contributed by atoms with Gasteiger partial charge in [0.25, 0.3) is 0 Å². The van der Waals surface area contributed by atoms with E-state index in [1.807, 2.05) is 0 Å². The fourth-order valence-corrected chi connectivity index (χ4v) is 2.09. The van der Waals surface area contributed by atoms with Crippen LogP contribution in [0.2, 0.25) is 0 Å². The van der Waals surface area contributed by atoms with Crippen LogP contribution in [0, 0.1) is 0 Å². The zero-order valence-electron chi connectivity index (χ0n) is 11.9. The third kappa shape index (κ3) is 3.37. The molecule has 0 fully saturated rings. The molecule has 0 aliphatic heterocycles. The molecule has 1 aromatic carbocycles. The van der Waals surface area contributed by atoms with Crippen molar-refractivity contribution in [2.24, 2.45) is 5.11 Å². The summed E-state index contributed by atoms with van der Waals surface area (Å²) in [6, 6.07) is 6.63. The van der Waals surface area contributed by atoms with Crippen molar-refractivity contribution in [3.05, 3.63) is 46.0 Å². The molecule has 8 nitrogen and oxygen atoms in total. The van der Waals surface area contributed by atoms with E-state index in [-0.39, 0.29) is 13.2 Å². The van der Waals surface area contributed by atoms with E-state index in [2.05, 4.69) is 15.0 Å². The molecule has 2 rings (SSSR count). The molecular weight excluding hydrogens is 288 g/mol. The van der Waals surface area contributed by atoms with E-state index in [1.54, 1.807) is 31.2 Å². The largest absolute Gasteiger partial charge is 0.461 e. The van der Waals surface area contributed by atoms with Gasteiger partial charge in [-0.1, -0.05) is 17.2 Å². The minimum absolute atomic E-state index is 0.228. The molecule has 0 radical (unpaired) electrons. The number of aromatic amines is 1. The molecule has 22 heavy (non-hydrogen) atoms. The minimum atomic E-state index is -1.20. The molecule has 2 unspecified atom stereocenters. The number of hydrogen-bond donors (Lipinski definition) is 3. The van der Waals surface area contributed by atoms with Gasteiger partial charge < -0.3 is 19.9 Å². The van der Waals surface area contributed by atoms with Crippen molar-refractivity contribution >= 4 is 16.9 Å². The molecular formula is C14H16N4O4. The molecule has 0 amide bonds. The first kappa shape index (κ1) is 15.8. The third-order valence-corrected chi connectivity index (χ3v) is 3.18. The number of H-pyrrole nitrogens is 1. The van der Waals surface area contributed by atoms with Gasteiger partial charge in [-0.3, -0.25) is 0 Å². The summed E-state index contributed by atoms with van der Waals surface area (Å²) in [6.45, 7) is 1.78. The Hall–Kier alpha value is -2.54. The first-order chi connectivity index (χ1) is 10.6. The summed E-state index contributed by atoms with van der Waals surface area (Å²) in [5.41, 5.74) is 9.63. The van der Waals surface area contributed by atoms with Crippen LogP contribution >= 0.6 is 0 Å². The van der Waals surface area contributed by atoms with Gasteiger partial charge in [-0.25, -0.2) is 4.79 Å². The van der Waals surface area contributed by atoms with E-state index in [9.17, 15) is 15.0 Å². The molecule has 0 bridgehead atoms. The number of nitrogens with one attached hydrogen (secondary N) is 1. The van der Waals surface area contributed by atoms with E-state index in [1.165, 1.54) is 0 Å². The van der Waals surface area contributed by atoms with Crippen LogP contribution in [0.1, 0.15) is 29.1 Å². The van der Waals surface area contributed by atoms with Crippen LogP contribution in [0.3, 0.4) is 0 Å². The van der Waals surface area contributed by atoms with E-state index < -0.39 is 18.2 Å². The minimum Gasteiger partial charge on any atom is -0.461 e. The molecule has 0 aliphatic carbocycles. The smallest absolute Gasteiger partial charge is 0.354 e. The number of aromatic nitrogens is 1. The van der Waals surface area contributed by atoms with Crippen LogP contribution in [0.15, 0.2) is 29.4 Å². The van der Waals surface area contributed by atoms with Crippen LogP contribution < -0.4 is 0 Å². The second kappa shape index (κ2) is 6.95. The molecule has 0 saturated heterocycles. The Morgan fingerprint density at radius 2 is 2.23 bits per heavy atom. The van der Waals surface area contributed by atoms with Gasteiger partial charge in [0.1, 0.15) is 11.8 Å². The highest BCUT2D eigenvalue weighted by Crippen LogP contribution is 2.23. The van der Waals surface area contributed by atoms with Crippen molar-refractivity contribution in [3.63, 3.8) is 0 Å². The fourth-order valence-electron chi connectivity index (χ4n) is 2.09. The summed E-state index contributed by atoms with van der Waals surface area (Å²) in [5.74, 6) is -0.454. The number of carbonyl (C=O) groups is 1. The average Bonchev–Trinajstić information content (AvgIpc) is 2.95. The number of fused-ring (bicyclic) bond motifs is 1. The van der Waals surface area contributed by atoms with Crippen LogP contribution in [-0.4, -0.2) is 40.4 Å². The SMILES string of the molecule is CCOC(=O)c1cc2ccc(C(O)C(O)CN=[N+]=[N-])cc2[nH]1. The molecule has 116 valence electrons. The van der Waals surface area contributed by atoms with Gasteiger partial charge in [0.15, 0.2) is 0 Å². The number of rotatable bonds is 6. The van der Waals surface area contributed by atoms with Crippen molar-refractivity contribution in [2.45, 2.75) is 19.1 Å². The Kier molecular flexibility index (Phi) is 5.00. The van der Waals surface area contributed by atoms with Crippen LogP contribution in [0.5, 0.6) is 0 Å². The lowest BCUT2D eigenvalue weighted by Gasteiger charge is -2.16. The molecule has 0 spiro atoms. The lowest BCUT2D eigenvalue weighted by molar-refractivity contribution is 0.0245. The molecule has 0 saturated carbocycles. The summed E-state index contributed by atoms with van der Waals surface area (Å²) >= 11 is 0. The zero-order valence-corrected chi connectivity index (χ0v) is 11.9. The average molecular weight is 304 g/mol. The summed E-state index contributed by atoms with van der Waals surface area (Å²) < 4.78 is 4.91. The Morgan fingerprint density at radius 1 is 1.45 bits per heavy atom. The summed E-state index contributed by atoms with van der Waals surface area (Å²) in [6.07, 6.45) is -2.39. The van der Waals surface area contributed by atoms with Crippen LogP contribution in [0.25, 0.3) is 21.3 Å². The summed E-state index contributed by atoms with van der Waals surface area (Å²) in [5, 5.41) is 23.8. The van der Waals surface area contributed by atoms with Crippen molar-refractivity contribution in [2.75, 3.05) is 13.2 Å². The summed E-state index contributed by atoms with van der Waals surface area (Å²) in [4.78, 5) is 17.1. The number of hydrogen-bond acceptors (Lipinski definition) is 5. The molecule has 3 N–H and O–H groups in total. The van der Waals surface area contributed by atoms with E-state index in [0.717, 1.165) is 5.39 Å². The number of esters is 1. The maximum atomic E-state index is 11.7. The fraction of sp³-hybridized carbons (Fsp3) is 0.357. The molecule has 1 aromatic heterocycles. The second-order valence-electron chi connectivity index (χ2n) is 4.68. The Morgan fingerprint density at radius 3 is 2.91 bits per heavy atom. The first-order valence-electron chi connectivity index (χ1n) is 6.73. The Balaban J connectivity index is 2.26. The molecule has 8 heteroatoms. The Labute approximate surface area is 126 Å². The van der Waals surface area contributed by atoms with E-state index >= 15 is 0 Å². The maximum Gasteiger partial charge on any atom is 0.354 e. The first-order valence-corrected chi connectivity index (χ1v) is 6.73. The van der Waals surface area contributed by atoms with Gasteiger partial charge in [0, 0.05) is 15.8 Å². The summed E-state index contributed by atoms with van der Waals surface area (Å²) in [7, 11) is 0. The van der Waals surface area contributed by atoms with Gasteiger partial charge in [0.05, 0.1) is 19.3 Å². The van der Waals surface area contributed by atoms with Crippen molar-refractivity contribution in [1.82, 2.24) is 4.98 Å². The normalized spacial score (nSPS) is 13.4.